The van der Waals surface area contributed by atoms with Crippen molar-refractivity contribution >= 4 is 29.0 Å². The van der Waals surface area contributed by atoms with E-state index in [-0.39, 0.29) is 17.9 Å². The zero-order valence-corrected chi connectivity index (χ0v) is 21.8. The predicted molar refractivity (Wildman–Crippen MR) is 147 cm³/mol. The molecule has 0 radical (unpaired) electrons. The first-order chi connectivity index (χ1) is 18.2. The summed E-state index contributed by atoms with van der Waals surface area (Å²) in [5, 5.41) is 7.45. The summed E-state index contributed by atoms with van der Waals surface area (Å²) in [6.07, 6.45) is 2.71. The number of rotatable bonds is 4. The number of anilines is 2. The molecule has 3 N–H and O–H groups in total. The molecule has 9 heteroatoms. The van der Waals surface area contributed by atoms with Crippen LogP contribution in [-0.2, 0) is 4.74 Å². The number of benzene rings is 2. The van der Waals surface area contributed by atoms with Crippen molar-refractivity contribution in [3.63, 3.8) is 0 Å². The van der Waals surface area contributed by atoms with Crippen molar-refractivity contribution in [3.05, 3.63) is 78.2 Å². The third-order valence-electron chi connectivity index (χ3n) is 6.64. The van der Waals surface area contributed by atoms with Gasteiger partial charge in [-0.3, -0.25) is 4.79 Å². The van der Waals surface area contributed by atoms with Gasteiger partial charge in [-0.2, -0.15) is 5.10 Å². The number of aromatic nitrogens is 3. The number of nitrogens with one attached hydrogen (secondary N) is 1. The molecule has 9 nitrogen and oxygen atoms in total. The smallest absolute Gasteiger partial charge is 0.410 e. The highest BCUT2D eigenvalue weighted by molar-refractivity contribution is 6.05. The molecule has 0 unspecified atom stereocenters. The van der Waals surface area contributed by atoms with Crippen molar-refractivity contribution in [1.29, 1.82) is 0 Å². The fourth-order valence-corrected chi connectivity index (χ4v) is 4.84. The maximum absolute atomic E-state index is 12.9. The minimum atomic E-state index is -0.526. The van der Waals surface area contributed by atoms with Gasteiger partial charge < -0.3 is 20.7 Å². The molecule has 0 aliphatic carbocycles. The molecule has 5 rings (SSSR count). The Morgan fingerprint density at radius 2 is 1.76 bits per heavy atom. The van der Waals surface area contributed by atoms with Gasteiger partial charge in [0.2, 0.25) is 0 Å². The third kappa shape index (κ3) is 5.32. The quantitative estimate of drug-likeness (QED) is 0.381. The molecule has 2 aromatic carbocycles. The second-order valence-corrected chi connectivity index (χ2v) is 10.5. The number of carbonyl (C=O) groups excluding carboxylic acids is 2. The Morgan fingerprint density at radius 1 is 1.03 bits per heavy atom. The van der Waals surface area contributed by atoms with Gasteiger partial charge in [0.25, 0.3) is 5.91 Å². The summed E-state index contributed by atoms with van der Waals surface area (Å²) in [7, 11) is 0. The lowest BCUT2D eigenvalue weighted by molar-refractivity contribution is 0.0203. The van der Waals surface area contributed by atoms with Crippen molar-refractivity contribution in [2.75, 3.05) is 24.1 Å². The van der Waals surface area contributed by atoms with Crippen molar-refractivity contribution in [2.45, 2.75) is 45.1 Å². The van der Waals surface area contributed by atoms with Gasteiger partial charge in [-0.15, -0.1) is 0 Å². The fraction of sp³-hybridized carbons (Fsp3) is 0.310. The molecule has 2 amide bonds. The van der Waals surface area contributed by atoms with Crippen LogP contribution in [0.1, 0.15) is 55.6 Å². The highest BCUT2D eigenvalue weighted by Crippen LogP contribution is 2.37. The van der Waals surface area contributed by atoms with Crippen LogP contribution in [0.5, 0.6) is 0 Å². The van der Waals surface area contributed by atoms with E-state index in [1.54, 1.807) is 11.0 Å². The zero-order chi connectivity index (χ0) is 26.9. The van der Waals surface area contributed by atoms with Crippen LogP contribution in [0, 0.1) is 0 Å². The third-order valence-corrected chi connectivity index (χ3v) is 6.64. The number of likely N-dealkylation sites (tertiary alicyclic amines) is 1. The monoisotopic (exact) mass is 512 g/mol. The summed E-state index contributed by atoms with van der Waals surface area (Å²) in [4.78, 5) is 31.5. The molecule has 2 aromatic heterocycles. The lowest BCUT2D eigenvalue weighted by Gasteiger charge is -2.33. The van der Waals surface area contributed by atoms with Crippen molar-refractivity contribution in [1.82, 2.24) is 19.5 Å². The lowest BCUT2D eigenvalue weighted by Crippen LogP contribution is -2.41. The highest BCUT2D eigenvalue weighted by Gasteiger charge is 2.30. The summed E-state index contributed by atoms with van der Waals surface area (Å²) in [5.74, 6) is 0.348. The molecule has 1 aliphatic rings. The van der Waals surface area contributed by atoms with Crippen LogP contribution in [0.25, 0.3) is 16.6 Å². The Kier molecular flexibility index (Phi) is 6.75. The number of para-hydroxylation sites is 1. The summed E-state index contributed by atoms with van der Waals surface area (Å²) >= 11 is 0. The summed E-state index contributed by atoms with van der Waals surface area (Å²) < 4.78 is 7.40. The van der Waals surface area contributed by atoms with Crippen LogP contribution in [0.15, 0.2) is 67.0 Å². The van der Waals surface area contributed by atoms with Crippen LogP contribution >= 0.6 is 0 Å². The average Bonchev–Trinajstić information content (AvgIpc) is 3.29. The summed E-state index contributed by atoms with van der Waals surface area (Å²) in [6.45, 7) is 6.80. The Morgan fingerprint density at radius 3 is 2.47 bits per heavy atom. The molecule has 0 saturated carbocycles. The van der Waals surface area contributed by atoms with E-state index < -0.39 is 5.60 Å². The lowest BCUT2D eigenvalue weighted by atomic mass is 9.93. The first-order valence-electron chi connectivity index (χ1n) is 12.8. The number of piperidine rings is 1. The first kappa shape index (κ1) is 25.3. The standard InChI is InChI=1S/C29H32N6O3/c1-29(2,3)38-28(37)34-14-12-19(13-15-34)24-17-23(25-26(30)31-18-32-35(24)25)20-8-7-9-21(16-20)27(36)33-22-10-5-4-6-11-22/h4-11,16-19H,12-15H2,1-3H3,(H,33,36)(H2,30,31,32). The van der Waals surface area contributed by atoms with E-state index in [4.69, 9.17) is 10.5 Å². The molecule has 0 spiro atoms. The van der Waals surface area contributed by atoms with Gasteiger partial charge in [0.15, 0.2) is 5.82 Å². The van der Waals surface area contributed by atoms with Crippen LogP contribution in [0.4, 0.5) is 16.3 Å². The minimum Gasteiger partial charge on any atom is -0.444 e. The molecule has 1 aliphatic heterocycles. The molecule has 4 aromatic rings. The first-order valence-corrected chi connectivity index (χ1v) is 12.8. The van der Waals surface area contributed by atoms with Crippen molar-refractivity contribution in [3.8, 4) is 11.1 Å². The predicted octanol–water partition coefficient (Wildman–Crippen LogP) is 5.35. The molecular weight excluding hydrogens is 480 g/mol. The van der Waals surface area contributed by atoms with Crippen LogP contribution in [-0.4, -0.2) is 50.2 Å². The van der Waals surface area contributed by atoms with Gasteiger partial charge in [-0.25, -0.2) is 14.3 Å². The zero-order valence-electron chi connectivity index (χ0n) is 21.8. The van der Waals surface area contributed by atoms with Gasteiger partial charge in [-0.05, 0) is 69.5 Å². The largest absolute Gasteiger partial charge is 0.444 e. The maximum Gasteiger partial charge on any atom is 0.410 e. The van der Waals surface area contributed by atoms with E-state index in [1.807, 2.05) is 73.8 Å². The molecule has 0 atom stereocenters. The van der Waals surface area contributed by atoms with Crippen molar-refractivity contribution < 1.29 is 14.3 Å². The van der Waals surface area contributed by atoms with Gasteiger partial charge in [0, 0.05) is 41.5 Å². The molecule has 3 heterocycles. The molecular formula is C29H32N6O3. The Bertz CT molecular complexity index is 1470. The molecule has 196 valence electrons. The Balaban J connectivity index is 1.42. The second kappa shape index (κ2) is 10.2. The van der Waals surface area contributed by atoms with Crippen LogP contribution in [0.3, 0.4) is 0 Å². The molecule has 0 bridgehead atoms. The normalized spacial score (nSPS) is 14.4. The fourth-order valence-electron chi connectivity index (χ4n) is 4.84. The highest BCUT2D eigenvalue weighted by atomic mass is 16.6. The second-order valence-electron chi connectivity index (χ2n) is 10.5. The van der Waals surface area contributed by atoms with E-state index in [9.17, 15) is 9.59 Å². The summed E-state index contributed by atoms with van der Waals surface area (Å²) in [5.41, 5.74) is 10.5. The van der Waals surface area contributed by atoms with E-state index >= 15 is 0 Å². The van der Waals surface area contributed by atoms with Crippen molar-refractivity contribution in [2.24, 2.45) is 0 Å². The molecule has 38 heavy (non-hydrogen) atoms. The maximum atomic E-state index is 12.9. The molecule has 1 fully saturated rings. The Hall–Kier alpha value is -4.40. The van der Waals surface area contributed by atoms with Crippen LogP contribution < -0.4 is 11.1 Å². The number of hydrogen-bond acceptors (Lipinski definition) is 6. The van der Waals surface area contributed by atoms with Gasteiger partial charge in [-0.1, -0.05) is 30.3 Å². The Labute approximate surface area is 221 Å². The van der Waals surface area contributed by atoms with Gasteiger partial charge >= 0.3 is 6.09 Å². The van der Waals surface area contributed by atoms with E-state index in [1.165, 1.54) is 6.33 Å². The number of nitrogens with zero attached hydrogens (tertiary/aromatic N) is 4. The topological polar surface area (TPSA) is 115 Å². The van der Waals surface area contributed by atoms with Gasteiger partial charge in [0.05, 0.1) is 0 Å². The number of carbonyl (C=O) groups is 2. The number of ether oxygens (including phenoxy) is 1. The number of fused-ring (bicyclic) bond motifs is 1. The minimum absolute atomic E-state index is 0.175. The molecule has 1 saturated heterocycles. The van der Waals surface area contributed by atoms with E-state index in [0.29, 0.717) is 30.0 Å². The summed E-state index contributed by atoms with van der Waals surface area (Å²) in [6, 6.07) is 18.9. The van der Waals surface area contributed by atoms with E-state index in [0.717, 1.165) is 35.3 Å². The van der Waals surface area contributed by atoms with Crippen LogP contribution in [0.2, 0.25) is 0 Å². The number of amides is 2. The number of nitrogens with two attached hydrogens (primary N) is 1. The van der Waals surface area contributed by atoms with E-state index in [2.05, 4.69) is 21.5 Å². The SMILES string of the molecule is CC(C)(C)OC(=O)N1CCC(c2cc(-c3cccc(C(=O)Nc4ccccc4)c3)c3c(N)ncnn23)CC1. The average molecular weight is 513 g/mol. The number of hydrogen-bond donors (Lipinski definition) is 2. The van der Waals surface area contributed by atoms with Gasteiger partial charge in [0.1, 0.15) is 17.4 Å². The number of nitrogen functional groups attached to an aromatic ring is 1.